The van der Waals surface area contributed by atoms with Crippen molar-refractivity contribution in [3.8, 4) is 0 Å². The first-order chi connectivity index (χ1) is 4.86. The molecule has 0 atom stereocenters. The van der Waals surface area contributed by atoms with Crippen LogP contribution < -0.4 is 0 Å². The van der Waals surface area contributed by atoms with Gasteiger partial charge in [-0.15, -0.1) is 0 Å². The van der Waals surface area contributed by atoms with Crippen molar-refractivity contribution in [2.75, 3.05) is 0 Å². The van der Waals surface area contributed by atoms with Gasteiger partial charge in [0.15, 0.2) is 0 Å². The molecule has 1 heteroatoms. The molecule has 0 heterocycles. The molecule has 0 nitrogen and oxygen atoms in total. The van der Waals surface area contributed by atoms with E-state index >= 15 is 0 Å². The Hall–Kier alpha value is -0.417. The monoisotopic (exact) mass is 196 g/mol. The maximum atomic E-state index is 3.69. The number of hydrogen-bond donors (Lipinski definition) is 0. The quantitative estimate of drug-likeness (QED) is 0.640. The molecule has 0 bridgehead atoms. The Bertz CT molecular complexity index is 211. The van der Waals surface area contributed by atoms with Crippen LogP contribution in [0.3, 0.4) is 0 Å². The Morgan fingerprint density at radius 2 is 1.82 bits per heavy atom. The van der Waals surface area contributed by atoms with Crippen LogP contribution in [-0.2, 0) is 25.9 Å². The van der Waals surface area contributed by atoms with Crippen LogP contribution in [0.5, 0.6) is 0 Å². The molecule has 0 saturated carbocycles. The zero-order valence-corrected chi connectivity index (χ0v) is 9.98. The summed E-state index contributed by atoms with van der Waals surface area (Å²) >= 11 is 0. The third kappa shape index (κ3) is 2.99. The molecule has 11 heavy (non-hydrogen) atoms. The van der Waals surface area contributed by atoms with Gasteiger partial charge >= 0.3 is 0 Å². The summed E-state index contributed by atoms with van der Waals surface area (Å²) in [6, 6.07) is 8.45. The van der Waals surface area contributed by atoms with Crippen LogP contribution in [0.25, 0.3) is 6.08 Å². The van der Waals surface area contributed by atoms with Crippen molar-refractivity contribution in [3.05, 3.63) is 42.0 Å². The zero-order valence-electron chi connectivity index (χ0n) is 7.01. The molecular formula is C10H12Zn. The molecule has 0 unspecified atom stereocenters. The molecule has 54 valence electrons. The number of rotatable bonds is 2. The normalized spacial score (nSPS) is 8.45. The van der Waals surface area contributed by atoms with Crippen LogP contribution in [0.15, 0.2) is 30.8 Å². The summed E-state index contributed by atoms with van der Waals surface area (Å²) in [5, 5.41) is 0. The Morgan fingerprint density at radius 3 is 2.18 bits per heavy atom. The van der Waals surface area contributed by atoms with Gasteiger partial charge in [-0.2, -0.15) is 0 Å². The molecule has 0 fully saturated rings. The summed E-state index contributed by atoms with van der Waals surface area (Å²) in [6.45, 7) is 5.84. The molecule has 1 aromatic rings. The molecule has 0 saturated heterocycles. The standard InChI is InChI=1S/C10H12.Zn/c1-3-9-5-7-10(4-2)8-6-9;/h3,5-8H,1,4H2,2H3;. The van der Waals surface area contributed by atoms with E-state index < -0.39 is 0 Å². The molecule has 0 radical (unpaired) electrons. The molecule has 0 aliphatic rings. The first-order valence-electron chi connectivity index (χ1n) is 3.58. The average Bonchev–Trinajstić information content (AvgIpc) is 2.05. The van der Waals surface area contributed by atoms with Crippen molar-refractivity contribution >= 4 is 6.08 Å². The average molecular weight is 198 g/mol. The molecule has 0 aliphatic carbocycles. The van der Waals surface area contributed by atoms with Gasteiger partial charge < -0.3 is 0 Å². The molecule has 0 amide bonds. The third-order valence-corrected chi connectivity index (χ3v) is 1.62. The van der Waals surface area contributed by atoms with Crippen molar-refractivity contribution in [1.29, 1.82) is 0 Å². The van der Waals surface area contributed by atoms with E-state index in [1.54, 1.807) is 0 Å². The van der Waals surface area contributed by atoms with Gasteiger partial charge in [0.25, 0.3) is 0 Å². The molecule has 1 rings (SSSR count). The largest absolute Gasteiger partial charge is 0.0985 e. The summed E-state index contributed by atoms with van der Waals surface area (Å²) in [7, 11) is 0. The van der Waals surface area contributed by atoms with Gasteiger partial charge in [0, 0.05) is 19.5 Å². The minimum absolute atomic E-state index is 0. The first-order valence-corrected chi connectivity index (χ1v) is 3.58. The predicted molar refractivity (Wildman–Crippen MR) is 45.9 cm³/mol. The molecule has 0 N–H and O–H groups in total. The van der Waals surface area contributed by atoms with Crippen LogP contribution in [0.2, 0.25) is 0 Å². The van der Waals surface area contributed by atoms with Crippen LogP contribution in [-0.4, -0.2) is 0 Å². The summed E-state index contributed by atoms with van der Waals surface area (Å²) in [5.41, 5.74) is 2.57. The topological polar surface area (TPSA) is 0 Å². The van der Waals surface area contributed by atoms with E-state index in [1.807, 2.05) is 6.08 Å². The second-order valence-electron chi connectivity index (χ2n) is 2.30. The van der Waals surface area contributed by atoms with Gasteiger partial charge in [0.1, 0.15) is 0 Å². The van der Waals surface area contributed by atoms with E-state index in [4.69, 9.17) is 0 Å². The summed E-state index contributed by atoms with van der Waals surface area (Å²) in [5.74, 6) is 0. The van der Waals surface area contributed by atoms with E-state index in [1.165, 1.54) is 11.1 Å². The smallest absolute Gasteiger partial charge is 0 e. The summed E-state index contributed by atoms with van der Waals surface area (Å²) in [4.78, 5) is 0. The number of hydrogen-bond acceptors (Lipinski definition) is 0. The Morgan fingerprint density at radius 1 is 1.27 bits per heavy atom. The van der Waals surface area contributed by atoms with Gasteiger partial charge in [0.05, 0.1) is 0 Å². The van der Waals surface area contributed by atoms with E-state index in [9.17, 15) is 0 Å². The van der Waals surface area contributed by atoms with Crippen molar-refractivity contribution in [3.63, 3.8) is 0 Å². The van der Waals surface area contributed by atoms with Gasteiger partial charge in [-0.05, 0) is 17.5 Å². The molecule has 0 aliphatic heterocycles. The maximum Gasteiger partial charge on any atom is 0 e. The maximum absolute atomic E-state index is 3.69. The van der Waals surface area contributed by atoms with Crippen molar-refractivity contribution in [2.24, 2.45) is 0 Å². The van der Waals surface area contributed by atoms with E-state index in [2.05, 4.69) is 37.8 Å². The SMILES string of the molecule is C=Cc1ccc(CC)cc1.[Zn]. The fourth-order valence-corrected chi connectivity index (χ4v) is 0.889. The van der Waals surface area contributed by atoms with Crippen molar-refractivity contribution in [2.45, 2.75) is 13.3 Å². The summed E-state index contributed by atoms with van der Waals surface area (Å²) in [6.07, 6.45) is 2.97. The van der Waals surface area contributed by atoms with Gasteiger partial charge in [-0.1, -0.05) is 43.8 Å². The Balaban J connectivity index is 0.000001000. The number of aryl methyl sites for hydroxylation is 1. The predicted octanol–water partition coefficient (Wildman–Crippen LogP) is 2.89. The minimum Gasteiger partial charge on any atom is -0.0985 e. The van der Waals surface area contributed by atoms with Crippen LogP contribution >= 0.6 is 0 Å². The molecule has 0 spiro atoms. The van der Waals surface area contributed by atoms with Gasteiger partial charge in [-0.25, -0.2) is 0 Å². The Kier molecular flexibility index (Phi) is 5.06. The fourth-order valence-electron chi connectivity index (χ4n) is 0.889. The van der Waals surface area contributed by atoms with Crippen LogP contribution in [0.1, 0.15) is 18.1 Å². The molecular weight excluding hydrogens is 185 g/mol. The number of benzene rings is 1. The third-order valence-electron chi connectivity index (χ3n) is 1.62. The second kappa shape index (κ2) is 5.26. The molecule has 1 aromatic carbocycles. The fraction of sp³-hybridized carbons (Fsp3) is 0.200. The van der Waals surface area contributed by atoms with E-state index in [-0.39, 0.29) is 19.5 Å². The van der Waals surface area contributed by atoms with E-state index in [0.717, 1.165) is 6.42 Å². The van der Waals surface area contributed by atoms with E-state index in [0.29, 0.717) is 0 Å². The van der Waals surface area contributed by atoms with Crippen molar-refractivity contribution in [1.82, 2.24) is 0 Å². The van der Waals surface area contributed by atoms with Crippen molar-refractivity contribution < 1.29 is 19.5 Å². The van der Waals surface area contributed by atoms with Gasteiger partial charge in [0.2, 0.25) is 0 Å². The second-order valence-corrected chi connectivity index (χ2v) is 2.30. The minimum atomic E-state index is 0. The van der Waals surface area contributed by atoms with Gasteiger partial charge in [-0.3, -0.25) is 0 Å². The Labute approximate surface area is 81.1 Å². The summed E-state index contributed by atoms with van der Waals surface area (Å²) < 4.78 is 0. The van der Waals surface area contributed by atoms with Crippen LogP contribution in [0, 0.1) is 0 Å². The first kappa shape index (κ1) is 10.6. The zero-order chi connectivity index (χ0) is 7.40. The van der Waals surface area contributed by atoms with Crippen LogP contribution in [0.4, 0.5) is 0 Å². The molecule has 0 aromatic heterocycles.